The van der Waals surface area contributed by atoms with Crippen LogP contribution in [0.3, 0.4) is 0 Å². The molecule has 1 fully saturated rings. The number of nitrogens with zero attached hydrogens (tertiary/aromatic N) is 2. The summed E-state index contributed by atoms with van der Waals surface area (Å²) in [6, 6.07) is 8.04. The summed E-state index contributed by atoms with van der Waals surface area (Å²) in [5, 5.41) is 3.00. The third kappa shape index (κ3) is 3.23. The van der Waals surface area contributed by atoms with Gasteiger partial charge in [-0.2, -0.15) is 0 Å². The number of benzene rings is 1. The lowest BCUT2D eigenvalue weighted by molar-refractivity contribution is -0.116. The minimum Gasteiger partial charge on any atom is -0.370 e. The average Bonchev–Trinajstić information content (AvgIpc) is 2.81. The quantitative estimate of drug-likeness (QED) is 0.881. The number of likely N-dealkylation sites (N-methyl/N-ethyl adjacent to an activating group) is 1. The monoisotopic (exact) mass is 247 g/mol. The predicted octanol–water partition coefficient (Wildman–Crippen LogP) is 1.79. The summed E-state index contributed by atoms with van der Waals surface area (Å²) in [6.07, 6.45) is 2.47. The smallest absolute Gasteiger partial charge is 0.238 e. The van der Waals surface area contributed by atoms with E-state index in [-0.39, 0.29) is 5.91 Å². The molecule has 1 heterocycles. The van der Waals surface area contributed by atoms with E-state index in [4.69, 9.17) is 0 Å². The maximum atomic E-state index is 11.8. The van der Waals surface area contributed by atoms with Crippen LogP contribution in [0.15, 0.2) is 24.3 Å². The van der Waals surface area contributed by atoms with Gasteiger partial charge in [-0.1, -0.05) is 12.1 Å². The molecule has 1 N–H and O–H groups in total. The molecule has 18 heavy (non-hydrogen) atoms. The van der Waals surface area contributed by atoms with E-state index in [0.717, 1.165) is 24.5 Å². The Hall–Kier alpha value is -1.55. The number of amides is 1. The van der Waals surface area contributed by atoms with Crippen LogP contribution in [0.5, 0.6) is 0 Å². The van der Waals surface area contributed by atoms with Gasteiger partial charge in [-0.05, 0) is 39.1 Å². The fraction of sp³-hybridized carbons (Fsp3) is 0.500. The topological polar surface area (TPSA) is 35.6 Å². The molecule has 0 bridgehead atoms. The van der Waals surface area contributed by atoms with Crippen molar-refractivity contribution in [3.05, 3.63) is 24.3 Å². The average molecular weight is 247 g/mol. The van der Waals surface area contributed by atoms with E-state index in [1.807, 2.05) is 37.2 Å². The Labute approximate surface area is 109 Å². The highest BCUT2D eigenvalue weighted by atomic mass is 16.2. The molecule has 0 atom stereocenters. The standard InChI is InChI=1S/C14H21N3O/c1-16(2)11-14(18)15-12-7-3-4-8-13(12)17-9-5-6-10-17/h3-4,7-8H,5-6,9-11H2,1-2H3,(H,15,18). The normalized spacial score (nSPS) is 15.2. The molecule has 0 aliphatic carbocycles. The van der Waals surface area contributed by atoms with Crippen molar-refractivity contribution in [1.29, 1.82) is 0 Å². The second-order valence-electron chi connectivity index (χ2n) is 5.00. The summed E-state index contributed by atoms with van der Waals surface area (Å²) >= 11 is 0. The number of carbonyl (C=O) groups excluding carboxylic acids is 1. The number of anilines is 2. The molecule has 1 saturated heterocycles. The number of rotatable bonds is 4. The third-order valence-corrected chi connectivity index (χ3v) is 3.08. The molecule has 1 aromatic carbocycles. The Morgan fingerprint density at radius 2 is 1.94 bits per heavy atom. The van der Waals surface area contributed by atoms with Crippen LogP contribution in [-0.2, 0) is 4.79 Å². The molecule has 1 aliphatic rings. The van der Waals surface area contributed by atoms with Gasteiger partial charge in [0, 0.05) is 13.1 Å². The summed E-state index contributed by atoms with van der Waals surface area (Å²) in [7, 11) is 3.79. The van der Waals surface area contributed by atoms with Crippen LogP contribution in [0.25, 0.3) is 0 Å². The number of nitrogens with one attached hydrogen (secondary N) is 1. The van der Waals surface area contributed by atoms with E-state index in [1.54, 1.807) is 0 Å². The van der Waals surface area contributed by atoms with Gasteiger partial charge in [0.1, 0.15) is 0 Å². The van der Waals surface area contributed by atoms with Crippen LogP contribution in [0.2, 0.25) is 0 Å². The highest BCUT2D eigenvalue weighted by molar-refractivity contribution is 5.95. The molecular weight excluding hydrogens is 226 g/mol. The Morgan fingerprint density at radius 3 is 2.61 bits per heavy atom. The lowest BCUT2D eigenvalue weighted by Crippen LogP contribution is -2.28. The minimum absolute atomic E-state index is 0.0339. The molecule has 0 spiro atoms. The first-order chi connectivity index (χ1) is 8.66. The zero-order valence-electron chi connectivity index (χ0n) is 11.1. The van der Waals surface area contributed by atoms with Crippen LogP contribution in [0.1, 0.15) is 12.8 Å². The summed E-state index contributed by atoms with van der Waals surface area (Å²) in [4.78, 5) is 16.0. The fourth-order valence-electron chi connectivity index (χ4n) is 2.29. The second-order valence-corrected chi connectivity index (χ2v) is 5.00. The Morgan fingerprint density at radius 1 is 1.28 bits per heavy atom. The zero-order chi connectivity index (χ0) is 13.0. The van der Waals surface area contributed by atoms with Crippen LogP contribution < -0.4 is 10.2 Å². The number of hydrogen-bond acceptors (Lipinski definition) is 3. The Balaban J connectivity index is 2.09. The molecule has 2 rings (SSSR count). The van der Waals surface area contributed by atoms with Crippen molar-refractivity contribution in [2.75, 3.05) is 43.9 Å². The highest BCUT2D eigenvalue weighted by Crippen LogP contribution is 2.28. The molecule has 1 aliphatic heterocycles. The van der Waals surface area contributed by atoms with Crippen LogP contribution >= 0.6 is 0 Å². The van der Waals surface area contributed by atoms with Gasteiger partial charge in [0.05, 0.1) is 17.9 Å². The van der Waals surface area contributed by atoms with Crippen molar-refractivity contribution in [3.63, 3.8) is 0 Å². The Bertz CT molecular complexity index is 411. The molecule has 4 nitrogen and oxygen atoms in total. The lowest BCUT2D eigenvalue weighted by Gasteiger charge is -2.21. The molecule has 0 aromatic heterocycles. The number of para-hydroxylation sites is 2. The first-order valence-electron chi connectivity index (χ1n) is 6.45. The van der Waals surface area contributed by atoms with E-state index in [1.165, 1.54) is 12.8 Å². The molecule has 4 heteroatoms. The molecule has 0 unspecified atom stereocenters. The van der Waals surface area contributed by atoms with Crippen molar-refractivity contribution < 1.29 is 4.79 Å². The molecule has 0 radical (unpaired) electrons. The largest absolute Gasteiger partial charge is 0.370 e. The maximum absolute atomic E-state index is 11.8. The van der Waals surface area contributed by atoms with Gasteiger partial charge in [0.2, 0.25) is 5.91 Å². The van der Waals surface area contributed by atoms with E-state index in [0.29, 0.717) is 6.54 Å². The van der Waals surface area contributed by atoms with Gasteiger partial charge in [-0.25, -0.2) is 0 Å². The van der Waals surface area contributed by atoms with E-state index >= 15 is 0 Å². The maximum Gasteiger partial charge on any atom is 0.238 e. The molecule has 0 saturated carbocycles. The molecule has 1 aromatic rings. The third-order valence-electron chi connectivity index (χ3n) is 3.08. The van der Waals surface area contributed by atoms with Crippen molar-refractivity contribution >= 4 is 17.3 Å². The van der Waals surface area contributed by atoms with Gasteiger partial charge in [0.15, 0.2) is 0 Å². The zero-order valence-corrected chi connectivity index (χ0v) is 11.1. The van der Waals surface area contributed by atoms with E-state index < -0.39 is 0 Å². The minimum atomic E-state index is 0.0339. The van der Waals surface area contributed by atoms with Crippen LogP contribution in [-0.4, -0.2) is 44.5 Å². The molecule has 1 amide bonds. The first kappa shape index (κ1) is 12.9. The van der Waals surface area contributed by atoms with Crippen molar-refractivity contribution in [1.82, 2.24) is 4.90 Å². The van der Waals surface area contributed by atoms with Crippen LogP contribution in [0, 0.1) is 0 Å². The van der Waals surface area contributed by atoms with Crippen molar-refractivity contribution in [2.24, 2.45) is 0 Å². The summed E-state index contributed by atoms with van der Waals surface area (Å²) in [5.74, 6) is 0.0339. The van der Waals surface area contributed by atoms with Gasteiger partial charge in [-0.15, -0.1) is 0 Å². The molecule has 98 valence electrons. The first-order valence-corrected chi connectivity index (χ1v) is 6.45. The van der Waals surface area contributed by atoms with Gasteiger partial charge in [0.25, 0.3) is 0 Å². The second kappa shape index (κ2) is 5.87. The van der Waals surface area contributed by atoms with Gasteiger partial charge in [-0.3, -0.25) is 4.79 Å². The summed E-state index contributed by atoms with van der Waals surface area (Å²) in [5.41, 5.74) is 2.06. The van der Waals surface area contributed by atoms with Gasteiger partial charge < -0.3 is 15.1 Å². The van der Waals surface area contributed by atoms with Crippen molar-refractivity contribution in [3.8, 4) is 0 Å². The van der Waals surface area contributed by atoms with Crippen molar-refractivity contribution in [2.45, 2.75) is 12.8 Å². The van der Waals surface area contributed by atoms with Gasteiger partial charge >= 0.3 is 0 Å². The van der Waals surface area contributed by atoms with E-state index in [2.05, 4.69) is 16.3 Å². The predicted molar refractivity (Wildman–Crippen MR) is 75.1 cm³/mol. The van der Waals surface area contributed by atoms with Crippen LogP contribution in [0.4, 0.5) is 11.4 Å². The summed E-state index contributed by atoms with van der Waals surface area (Å²) < 4.78 is 0. The number of carbonyl (C=O) groups is 1. The highest BCUT2D eigenvalue weighted by Gasteiger charge is 2.16. The number of hydrogen-bond donors (Lipinski definition) is 1. The molecular formula is C14H21N3O. The Kier molecular flexibility index (Phi) is 4.20. The van der Waals surface area contributed by atoms with E-state index in [9.17, 15) is 4.79 Å². The lowest BCUT2D eigenvalue weighted by atomic mass is 10.2. The SMILES string of the molecule is CN(C)CC(=O)Nc1ccccc1N1CCCC1. The summed E-state index contributed by atoms with van der Waals surface area (Å²) in [6.45, 7) is 2.58. The fourth-order valence-corrected chi connectivity index (χ4v) is 2.29.